The third-order valence-electron chi connectivity index (χ3n) is 8.53. The number of aliphatic hydroxyl groups is 2. The number of tetrazole rings is 1. The van der Waals surface area contributed by atoms with Gasteiger partial charge >= 0.3 is 5.92 Å². The molecule has 1 saturated heterocycles. The standard InChI is InChI=1S/C34H33F4N7O2/c35-27-8-13-30(31(36)20-27)33(47,22-45-23-40-41-42-45)34(37,38)32-14-7-26(21-39-32)25-5-11-29(12-6-25)44-17-15-43(16-18-44)28-9-3-24(4-10-28)2-1-19-46/h3-14,20-21,23,46-47H,1-2,15-19,22H2/t33-/m0/s1. The van der Waals surface area contributed by atoms with Gasteiger partial charge in [0.15, 0.2) is 5.60 Å². The van der Waals surface area contributed by atoms with Crippen LogP contribution in [0, 0.1) is 11.6 Å². The molecule has 0 amide bonds. The lowest BCUT2D eigenvalue weighted by Gasteiger charge is -2.37. The fourth-order valence-corrected chi connectivity index (χ4v) is 5.87. The average Bonchev–Trinajstić information content (AvgIpc) is 3.60. The summed E-state index contributed by atoms with van der Waals surface area (Å²) < 4.78 is 61.4. The summed E-state index contributed by atoms with van der Waals surface area (Å²) in [6.07, 6.45) is 3.88. The van der Waals surface area contributed by atoms with Gasteiger partial charge in [0.05, 0.1) is 6.54 Å². The number of halogens is 4. The van der Waals surface area contributed by atoms with Crippen molar-refractivity contribution in [2.75, 3.05) is 42.6 Å². The predicted octanol–water partition coefficient (Wildman–Crippen LogP) is 4.94. The second-order valence-electron chi connectivity index (χ2n) is 11.5. The van der Waals surface area contributed by atoms with E-state index in [0.717, 1.165) is 79.5 Å². The molecule has 13 heteroatoms. The number of benzene rings is 3. The van der Waals surface area contributed by atoms with Crippen LogP contribution >= 0.6 is 0 Å². The molecule has 244 valence electrons. The summed E-state index contributed by atoms with van der Waals surface area (Å²) in [7, 11) is 0. The molecule has 0 unspecified atom stereocenters. The van der Waals surface area contributed by atoms with E-state index >= 15 is 8.78 Å². The molecular weight excluding hydrogens is 614 g/mol. The summed E-state index contributed by atoms with van der Waals surface area (Å²) in [6, 6.07) is 20.7. The zero-order chi connectivity index (χ0) is 33.0. The number of aliphatic hydroxyl groups excluding tert-OH is 1. The first-order valence-corrected chi connectivity index (χ1v) is 15.2. The van der Waals surface area contributed by atoms with Gasteiger partial charge in [-0.15, -0.1) is 5.10 Å². The fourth-order valence-electron chi connectivity index (χ4n) is 5.87. The highest BCUT2D eigenvalue weighted by Gasteiger charge is 2.58. The number of piperazine rings is 1. The van der Waals surface area contributed by atoms with Gasteiger partial charge < -0.3 is 20.0 Å². The maximum Gasteiger partial charge on any atom is 0.323 e. The quantitative estimate of drug-likeness (QED) is 0.195. The molecule has 9 nitrogen and oxygen atoms in total. The molecule has 1 aliphatic heterocycles. The molecule has 2 aromatic heterocycles. The van der Waals surface area contributed by atoms with Crippen LogP contribution in [0.4, 0.5) is 28.9 Å². The number of nitrogens with zero attached hydrogens (tertiary/aromatic N) is 7. The van der Waals surface area contributed by atoms with Crippen molar-refractivity contribution in [2.45, 2.75) is 30.9 Å². The zero-order valence-electron chi connectivity index (χ0n) is 25.4. The largest absolute Gasteiger partial charge is 0.396 e. The Labute approximate surface area is 268 Å². The Morgan fingerprint density at radius 3 is 1.98 bits per heavy atom. The van der Waals surface area contributed by atoms with Crippen LogP contribution < -0.4 is 9.80 Å². The second-order valence-corrected chi connectivity index (χ2v) is 11.5. The Morgan fingerprint density at radius 2 is 1.43 bits per heavy atom. The predicted molar refractivity (Wildman–Crippen MR) is 168 cm³/mol. The maximum absolute atomic E-state index is 16.1. The zero-order valence-corrected chi connectivity index (χ0v) is 25.4. The van der Waals surface area contributed by atoms with Crippen LogP contribution in [0.15, 0.2) is 91.4 Å². The molecule has 1 aliphatic rings. The summed E-state index contributed by atoms with van der Waals surface area (Å²) in [5, 5.41) is 30.8. The van der Waals surface area contributed by atoms with Crippen LogP contribution in [0.25, 0.3) is 11.1 Å². The highest BCUT2D eigenvalue weighted by Crippen LogP contribution is 2.47. The highest BCUT2D eigenvalue weighted by molar-refractivity contribution is 5.66. The van der Waals surface area contributed by atoms with Crippen LogP contribution in [0.3, 0.4) is 0 Å². The van der Waals surface area contributed by atoms with Crippen molar-refractivity contribution in [3.05, 3.63) is 120 Å². The summed E-state index contributed by atoms with van der Waals surface area (Å²) in [4.78, 5) is 8.60. The first kappa shape index (κ1) is 32.1. The summed E-state index contributed by atoms with van der Waals surface area (Å²) in [5.74, 6) is -6.46. The smallest absolute Gasteiger partial charge is 0.323 e. The van der Waals surface area contributed by atoms with Gasteiger partial charge in [0.2, 0.25) is 0 Å². The number of aromatic nitrogens is 5. The van der Waals surface area contributed by atoms with E-state index in [0.29, 0.717) is 11.6 Å². The van der Waals surface area contributed by atoms with Crippen molar-refractivity contribution in [3.8, 4) is 11.1 Å². The van der Waals surface area contributed by atoms with Crippen molar-refractivity contribution in [1.82, 2.24) is 25.2 Å². The summed E-state index contributed by atoms with van der Waals surface area (Å²) in [5.41, 5.74) is -0.0929. The van der Waals surface area contributed by atoms with E-state index in [1.54, 1.807) is 0 Å². The number of anilines is 2. The van der Waals surface area contributed by atoms with E-state index in [2.05, 4.69) is 54.6 Å². The van der Waals surface area contributed by atoms with Gasteiger partial charge in [0.1, 0.15) is 23.7 Å². The number of alkyl halides is 2. The molecule has 5 aromatic rings. The molecule has 2 N–H and O–H groups in total. The monoisotopic (exact) mass is 647 g/mol. The van der Waals surface area contributed by atoms with Crippen LogP contribution in [-0.2, 0) is 24.5 Å². The Hall–Kier alpha value is -4.88. The average molecular weight is 648 g/mol. The normalized spacial score (nSPS) is 15.1. The SMILES string of the molecule is OCCCc1ccc(N2CCN(c3ccc(-c4ccc(C(F)(F)[C@](O)(Cn5cnnn5)c5ccc(F)cc5F)nc4)cc3)CC2)cc1. The Morgan fingerprint density at radius 1 is 0.787 bits per heavy atom. The summed E-state index contributed by atoms with van der Waals surface area (Å²) in [6.45, 7) is 2.65. The van der Waals surface area contributed by atoms with E-state index in [1.165, 1.54) is 23.5 Å². The molecule has 6 rings (SSSR count). The number of hydrogen-bond donors (Lipinski definition) is 2. The van der Waals surface area contributed by atoms with E-state index < -0.39 is 41.0 Å². The highest BCUT2D eigenvalue weighted by atomic mass is 19.3. The van der Waals surface area contributed by atoms with E-state index in [1.807, 2.05) is 24.3 Å². The Balaban J connectivity index is 1.14. The molecule has 3 heterocycles. The molecular formula is C34H33F4N7O2. The van der Waals surface area contributed by atoms with Gasteiger partial charge in [-0.05, 0) is 76.9 Å². The summed E-state index contributed by atoms with van der Waals surface area (Å²) >= 11 is 0. The molecule has 0 spiro atoms. The molecule has 1 fully saturated rings. The molecule has 0 saturated carbocycles. The molecule has 0 aliphatic carbocycles. The lowest BCUT2D eigenvalue weighted by atomic mass is 9.84. The van der Waals surface area contributed by atoms with Crippen molar-refractivity contribution in [2.24, 2.45) is 0 Å². The van der Waals surface area contributed by atoms with E-state index in [-0.39, 0.29) is 6.61 Å². The Kier molecular flexibility index (Phi) is 9.19. The topological polar surface area (TPSA) is 103 Å². The van der Waals surface area contributed by atoms with Crippen LogP contribution in [0.1, 0.15) is 23.2 Å². The second kappa shape index (κ2) is 13.5. The third-order valence-corrected chi connectivity index (χ3v) is 8.53. The maximum atomic E-state index is 16.1. The lowest BCUT2D eigenvalue weighted by molar-refractivity contribution is -0.207. The number of pyridine rings is 1. The molecule has 47 heavy (non-hydrogen) atoms. The fraction of sp³-hybridized carbons (Fsp3) is 0.294. The molecule has 3 aromatic carbocycles. The van der Waals surface area contributed by atoms with Crippen molar-refractivity contribution in [3.63, 3.8) is 0 Å². The van der Waals surface area contributed by atoms with Gasteiger partial charge in [0, 0.05) is 67.6 Å². The van der Waals surface area contributed by atoms with Crippen LogP contribution in [0.5, 0.6) is 0 Å². The van der Waals surface area contributed by atoms with Gasteiger partial charge in [-0.2, -0.15) is 8.78 Å². The van der Waals surface area contributed by atoms with E-state index in [9.17, 15) is 13.9 Å². The van der Waals surface area contributed by atoms with Crippen molar-refractivity contribution in [1.29, 1.82) is 0 Å². The minimum atomic E-state index is -4.13. The minimum Gasteiger partial charge on any atom is -0.396 e. The van der Waals surface area contributed by atoms with Gasteiger partial charge in [-0.25, -0.2) is 13.5 Å². The minimum absolute atomic E-state index is 0.186. The van der Waals surface area contributed by atoms with Crippen molar-refractivity contribution < 1.29 is 27.8 Å². The van der Waals surface area contributed by atoms with Crippen molar-refractivity contribution >= 4 is 11.4 Å². The van der Waals surface area contributed by atoms with Crippen LogP contribution in [0.2, 0.25) is 0 Å². The number of aryl methyl sites for hydroxylation is 1. The molecule has 0 radical (unpaired) electrons. The molecule has 1 atom stereocenters. The first-order valence-electron chi connectivity index (χ1n) is 15.2. The van der Waals surface area contributed by atoms with Gasteiger partial charge in [-0.3, -0.25) is 4.98 Å². The van der Waals surface area contributed by atoms with Crippen LogP contribution in [-0.4, -0.2) is 68.2 Å². The van der Waals surface area contributed by atoms with Gasteiger partial charge in [0.25, 0.3) is 0 Å². The third kappa shape index (κ3) is 6.67. The van der Waals surface area contributed by atoms with E-state index in [4.69, 9.17) is 5.11 Å². The van der Waals surface area contributed by atoms with Gasteiger partial charge in [-0.1, -0.05) is 30.3 Å². The number of hydrogen-bond acceptors (Lipinski definition) is 8. The number of rotatable bonds is 11. The first-order chi connectivity index (χ1) is 22.7. The Bertz CT molecular complexity index is 1760. The lowest BCUT2D eigenvalue weighted by Crippen LogP contribution is -2.48. The molecule has 0 bridgehead atoms.